The van der Waals surface area contributed by atoms with Crippen molar-refractivity contribution in [3.63, 3.8) is 0 Å². The second-order valence-corrected chi connectivity index (χ2v) is 4.76. The lowest BCUT2D eigenvalue weighted by Crippen LogP contribution is -2.24. The normalized spacial score (nSPS) is 14.5. The number of ketones is 1. The molecule has 0 aliphatic carbocycles. The third-order valence-corrected chi connectivity index (χ3v) is 3.30. The summed E-state index contributed by atoms with van der Waals surface area (Å²) in [7, 11) is 0. The Kier molecular flexibility index (Phi) is 4.20. The van der Waals surface area contributed by atoms with Crippen LogP contribution in [0.3, 0.4) is 0 Å². The second-order valence-electron chi connectivity index (χ2n) is 4.76. The van der Waals surface area contributed by atoms with Gasteiger partial charge in [0, 0.05) is 18.8 Å². The first-order chi connectivity index (χ1) is 9.13. The molecule has 2 rings (SSSR count). The zero-order chi connectivity index (χ0) is 13.8. The minimum atomic E-state index is -0.770. The molecule has 102 valence electrons. The molecule has 0 radical (unpaired) electrons. The molecule has 0 atom stereocenters. The molecule has 1 aliphatic heterocycles. The molecular weight excluding hydrogens is 242 g/mol. The quantitative estimate of drug-likeness (QED) is 0.474. The van der Waals surface area contributed by atoms with Crippen LogP contribution < -0.4 is 4.90 Å². The molecule has 0 bridgehead atoms. The van der Waals surface area contributed by atoms with Crippen LogP contribution >= 0.6 is 0 Å². The first kappa shape index (κ1) is 13.6. The van der Waals surface area contributed by atoms with E-state index in [2.05, 4.69) is 4.90 Å². The molecule has 0 unspecified atom stereocenters. The van der Waals surface area contributed by atoms with E-state index < -0.39 is 11.8 Å². The molecule has 4 nitrogen and oxygen atoms in total. The predicted molar refractivity (Wildman–Crippen MR) is 73.6 cm³/mol. The number of hydrogen-bond donors (Lipinski definition) is 0. The van der Waals surface area contributed by atoms with Crippen molar-refractivity contribution in [3.05, 3.63) is 29.3 Å². The highest BCUT2D eigenvalue weighted by Gasteiger charge is 2.24. The van der Waals surface area contributed by atoms with Crippen LogP contribution in [0.2, 0.25) is 0 Å². The van der Waals surface area contributed by atoms with Crippen LogP contribution in [0.1, 0.15) is 35.7 Å². The molecule has 19 heavy (non-hydrogen) atoms. The highest BCUT2D eigenvalue weighted by molar-refractivity contribution is 6.41. The summed E-state index contributed by atoms with van der Waals surface area (Å²) in [5.74, 6) is -1.32. The van der Waals surface area contributed by atoms with E-state index in [0.717, 1.165) is 37.2 Å². The van der Waals surface area contributed by atoms with Crippen molar-refractivity contribution in [3.8, 4) is 0 Å². The Morgan fingerprint density at radius 1 is 1.26 bits per heavy atom. The molecule has 1 fully saturated rings. The monoisotopic (exact) mass is 261 g/mol. The number of benzene rings is 1. The molecule has 0 N–H and O–H groups in total. The van der Waals surface area contributed by atoms with Crippen LogP contribution in [0.5, 0.6) is 0 Å². The third-order valence-electron chi connectivity index (χ3n) is 3.30. The van der Waals surface area contributed by atoms with E-state index in [1.54, 1.807) is 13.0 Å². The fourth-order valence-electron chi connectivity index (χ4n) is 2.37. The van der Waals surface area contributed by atoms with Crippen LogP contribution in [0.15, 0.2) is 18.2 Å². The standard InChI is InChI=1S/C15H19NO3/c1-3-19-15(18)14(17)12-10-11(2)6-7-13(12)16-8-4-5-9-16/h6-7,10H,3-5,8-9H2,1-2H3. The summed E-state index contributed by atoms with van der Waals surface area (Å²) in [5, 5.41) is 0. The molecule has 1 saturated heterocycles. The SMILES string of the molecule is CCOC(=O)C(=O)c1cc(C)ccc1N1CCCC1. The number of carbonyl (C=O) groups excluding carboxylic acids is 2. The van der Waals surface area contributed by atoms with Crippen LogP contribution in [-0.4, -0.2) is 31.4 Å². The number of nitrogens with zero attached hydrogens (tertiary/aromatic N) is 1. The first-order valence-corrected chi connectivity index (χ1v) is 6.70. The third kappa shape index (κ3) is 2.95. The van der Waals surface area contributed by atoms with E-state index >= 15 is 0 Å². The van der Waals surface area contributed by atoms with E-state index in [1.807, 2.05) is 19.1 Å². The summed E-state index contributed by atoms with van der Waals surface area (Å²) in [6.07, 6.45) is 2.25. The highest BCUT2D eigenvalue weighted by Crippen LogP contribution is 2.26. The Bertz CT molecular complexity index is 490. The minimum absolute atomic E-state index is 0.218. The van der Waals surface area contributed by atoms with Crippen LogP contribution in [-0.2, 0) is 9.53 Å². The number of ether oxygens (including phenoxy) is 1. The maximum absolute atomic E-state index is 12.2. The molecule has 0 spiro atoms. The topological polar surface area (TPSA) is 46.6 Å². The fraction of sp³-hybridized carbons (Fsp3) is 0.467. The van der Waals surface area contributed by atoms with Crippen LogP contribution in [0.25, 0.3) is 0 Å². The number of esters is 1. The van der Waals surface area contributed by atoms with Crippen molar-refractivity contribution >= 4 is 17.4 Å². The average molecular weight is 261 g/mol. The van der Waals surface area contributed by atoms with Gasteiger partial charge >= 0.3 is 5.97 Å². The van der Waals surface area contributed by atoms with E-state index in [4.69, 9.17) is 4.74 Å². The summed E-state index contributed by atoms with van der Waals surface area (Å²) in [5.41, 5.74) is 2.28. The van der Waals surface area contributed by atoms with Crippen LogP contribution in [0.4, 0.5) is 5.69 Å². The lowest BCUT2D eigenvalue weighted by Gasteiger charge is -2.20. The zero-order valence-electron chi connectivity index (χ0n) is 11.4. The number of aryl methyl sites for hydroxylation is 1. The molecule has 4 heteroatoms. The molecular formula is C15H19NO3. The lowest BCUT2D eigenvalue weighted by atomic mass is 10.0. The number of carbonyl (C=O) groups is 2. The Balaban J connectivity index is 2.34. The average Bonchev–Trinajstić information content (AvgIpc) is 2.92. The minimum Gasteiger partial charge on any atom is -0.460 e. The van der Waals surface area contributed by atoms with Gasteiger partial charge in [0.1, 0.15) is 0 Å². The van der Waals surface area contributed by atoms with E-state index in [-0.39, 0.29) is 6.61 Å². The van der Waals surface area contributed by atoms with E-state index in [1.165, 1.54) is 0 Å². The summed E-state index contributed by atoms with van der Waals surface area (Å²) in [6, 6.07) is 5.66. The van der Waals surface area contributed by atoms with Gasteiger partial charge in [-0.05, 0) is 38.8 Å². The van der Waals surface area contributed by atoms with Gasteiger partial charge < -0.3 is 9.64 Å². The van der Waals surface area contributed by atoms with Crippen molar-refractivity contribution in [1.29, 1.82) is 0 Å². The maximum Gasteiger partial charge on any atom is 0.379 e. The number of hydrogen-bond acceptors (Lipinski definition) is 4. The van der Waals surface area contributed by atoms with Gasteiger partial charge in [-0.25, -0.2) is 4.79 Å². The zero-order valence-corrected chi connectivity index (χ0v) is 11.4. The van der Waals surface area contributed by atoms with E-state index in [9.17, 15) is 9.59 Å². The molecule has 1 aliphatic rings. The Morgan fingerprint density at radius 2 is 1.95 bits per heavy atom. The summed E-state index contributed by atoms with van der Waals surface area (Å²) >= 11 is 0. The maximum atomic E-state index is 12.2. The molecule has 1 heterocycles. The van der Waals surface area contributed by atoms with Gasteiger partial charge in [-0.2, -0.15) is 0 Å². The van der Waals surface area contributed by atoms with Crippen molar-refractivity contribution in [2.75, 3.05) is 24.6 Å². The largest absolute Gasteiger partial charge is 0.460 e. The first-order valence-electron chi connectivity index (χ1n) is 6.70. The lowest BCUT2D eigenvalue weighted by molar-refractivity contribution is -0.137. The number of anilines is 1. The van der Waals surface area contributed by atoms with Crippen molar-refractivity contribution < 1.29 is 14.3 Å². The van der Waals surface area contributed by atoms with Gasteiger partial charge in [0.2, 0.25) is 0 Å². The van der Waals surface area contributed by atoms with Gasteiger partial charge in [0.25, 0.3) is 5.78 Å². The Morgan fingerprint density at radius 3 is 2.58 bits per heavy atom. The second kappa shape index (κ2) is 5.87. The Labute approximate surface area is 113 Å². The van der Waals surface area contributed by atoms with E-state index in [0.29, 0.717) is 5.56 Å². The van der Waals surface area contributed by atoms with Crippen molar-refractivity contribution in [2.45, 2.75) is 26.7 Å². The molecule has 1 aromatic rings. The van der Waals surface area contributed by atoms with Crippen molar-refractivity contribution in [1.82, 2.24) is 0 Å². The van der Waals surface area contributed by atoms with Crippen molar-refractivity contribution in [2.24, 2.45) is 0 Å². The van der Waals surface area contributed by atoms with Gasteiger partial charge in [0.05, 0.1) is 12.2 Å². The van der Waals surface area contributed by atoms with Gasteiger partial charge in [-0.1, -0.05) is 11.6 Å². The summed E-state index contributed by atoms with van der Waals surface area (Å²) < 4.78 is 4.81. The fourth-order valence-corrected chi connectivity index (χ4v) is 2.37. The molecule has 0 aromatic heterocycles. The van der Waals surface area contributed by atoms with Gasteiger partial charge in [-0.15, -0.1) is 0 Å². The molecule has 0 amide bonds. The van der Waals surface area contributed by atoms with Crippen LogP contribution in [0, 0.1) is 6.92 Å². The van der Waals surface area contributed by atoms with Gasteiger partial charge in [0.15, 0.2) is 0 Å². The number of Topliss-reactive ketones (excluding diaryl/α,β-unsaturated/α-hetero) is 1. The number of rotatable bonds is 4. The van der Waals surface area contributed by atoms with Gasteiger partial charge in [-0.3, -0.25) is 4.79 Å². The smallest absolute Gasteiger partial charge is 0.379 e. The molecule has 1 aromatic carbocycles. The predicted octanol–water partition coefficient (Wildman–Crippen LogP) is 2.34. The highest BCUT2D eigenvalue weighted by atomic mass is 16.5. The summed E-state index contributed by atoms with van der Waals surface area (Å²) in [4.78, 5) is 26.0. The summed E-state index contributed by atoms with van der Waals surface area (Å²) in [6.45, 7) is 5.70. The molecule has 0 saturated carbocycles. The Hall–Kier alpha value is -1.84.